The molecule has 21 heavy (non-hydrogen) atoms. The van der Waals surface area contributed by atoms with Crippen molar-refractivity contribution in [2.75, 3.05) is 26.0 Å². The second kappa shape index (κ2) is 5.36. The van der Waals surface area contributed by atoms with Gasteiger partial charge in [-0.2, -0.15) is 4.31 Å². The predicted molar refractivity (Wildman–Crippen MR) is 74.7 cm³/mol. The molecule has 0 radical (unpaired) electrons. The van der Waals surface area contributed by atoms with Crippen LogP contribution in [0, 0.1) is 0 Å². The summed E-state index contributed by atoms with van der Waals surface area (Å²) in [5.74, 6) is -0.115. The molecule has 8 heteroatoms. The normalized spacial score (nSPS) is 26.9. The summed E-state index contributed by atoms with van der Waals surface area (Å²) in [6.45, 7) is 1.02. The molecule has 2 saturated heterocycles. The van der Waals surface area contributed by atoms with Gasteiger partial charge in [-0.15, -0.1) is 0 Å². The van der Waals surface area contributed by atoms with Gasteiger partial charge in [0.2, 0.25) is 15.9 Å². The number of carbonyl (C=O) groups excluding carboxylic acids is 1. The van der Waals surface area contributed by atoms with Crippen LogP contribution < -0.4 is 0 Å². The molecule has 1 aromatic rings. The van der Waals surface area contributed by atoms with Gasteiger partial charge >= 0.3 is 0 Å². The van der Waals surface area contributed by atoms with E-state index in [1.165, 1.54) is 10.6 Å². The third-order valence-electron chi connectivity index (χ3n) is 3.89. The van der Waals surface area contributed by atoms with Gasteiger partial charge in [-0.05, 0) is 11.6 Å². The zero-order valence-electron chi connectivity index (χ0n) is 11.7. The van der Waals surface area contributed by atoms with Crippen LogP contribution in [0.5, 0.6) is 0 Å². The van der Waals surface area contributed by atoms with Gasteiger partial charge in [0.1, 0.15) is 6.61 Å². The summed E-state index contributed by atoms with van der Waals surface area (Å²) in [6.07, 6.45) is 4.31. The first-order valence-corrected chi connectivity index (χ1v) is 8.55. The highest BCUT2D eigenvalue weighted by Crippen LogP contribution is 2.26. The molecule has 0 bridgehead atoms. The molecule has 1 amide bonds. The summed E-state index contributed by atoms with van der Waals surface area (Å²) in [6, 6.07) is 3.48. The van der Waals surface area contributed by atoms with E-state index in [1.807, 2.05) is 12.1 Å². The first kappa shape index (κ1) is 14.4. The molecule has 0 aromatic carbocycles. The van der Waals surface area contributed by atoms with E-state index in [0.717, 1.165) is 5.56 Å². The highest BCUT2D eigenvalue weighted by Gasteiger charge is 2.45. The lowest BCUT2D eigenvalue weighted by molar-refractivity contribution is -0.153. The molecule has 0 unspecified atom stereocenters. The van der Waals surface area contributed by atoms with E-state index in [4.69, 9.17) is 4.74 Å². The number of hydrogen-bond donors (Lipinski definition) is 0. The molecule has 2 fully saturated rings. The van der Waals surface area contributed by atoms with Gasteiger partial charge in [-0.1, -0.05) is 6.07 Å². The van der Waals surface area contributed by atoms with Crippen molar-refractivity contribution in [1.82, 2.24) is 14.2 Å². The minimum absolute atomic E-state index is 0.000962. The molecule has 2 atom stereocenters. The van der Waals surface area contributed by atoms with Crippen molar-refractivity contribution in [3.05, 3.63) is 30.1 Å². The summed E-state index contributed by atoms with van der Waals surface area (Å²) in [5, 5.41) is 0. The summed E-state index contributed by atoms with van der Waals surface area (Å²) in [5.41, 5.74) is 0.921. The fourth-order valence-corrected chi connectivity index (χ4v) is 3.64. The maximum Gasteiger partial charge on any atom is 0.249 e. The fraction of sp³-hybridized carbons (Fsp3) is 0.538. The number of pyridine rings is 1. The Morgan fingerprint density at radius 3 is 2.90 bits per heavy atom. The zero-order chi connectivity index (χ0) is 15.0. The van der Waals surface area contributed by atoms with Crippen LogP contribution in [0.15, 0.2) is 24.5 Å². The van der Waals surface area contributed by atoms with Crippen molar-refractivity contribution in [2.24, 2.45) is 0 Å². The SMILES string of the molecule is CS(=O)(=O)N1C[C@@H]2[C@@H](C1)OCC(=O)N2Cc1cccnc1. The lowest BCUT2D eigenvalue weighted by Gasteiger charge is -2.36. The largest absolute Gasteiger partial charge is 0.365 e. The van der Waals surface area contributed by atoms with Crippen molar-refractivity contribution in [3.8, 4) is 0 Å². The van der Waals surface area contributed by atoms with Crippen LogP contribution in [0.3, 0.4) is 0 Å². The Balaban J connectivity index is 1.80. The second-order valence-electron chi connectivity index (χ2n) is 5.38. The Kier molecular flexibility index (Phi) is 3.68. The molecule has 2 aliphatic heterocycles. The number of sulfonamides is 1. The van der Waals surface area contributed by atoms with Crippen LogP contribution in [0.2, 0.25) is 0 Å². The fourth-order valence-electron chi connectivity index (χ4n) is 2.80. The van der Waals surface area contributed by atoms with Crippen LogP contribution in [-0.2, 0) is 26.1 Å². The molecule has 0 saturated carbocycles. The monoisotopic (exact) mass is 311 g/mol. The van der Waals surface area contributed by atoms with Crippen molar-refractivity contribution in [1.29, 1.82) is 0 Å². The number of hydrogen-bond acceptors (Lipinski definition) is 5. The Bertz CT molecular complexity index is 634. The van der Waals surface area contributed by atoms with E-state index in [-0.39, 0.29) is 31.2 Å². The number of amides is 1. The number of fused-ring (bicyclic) bond motifs is 1. The third kappa shape index (κ3) is 2.92. The Hall–Kier alpha value is -1.51. The van der Waals surface area contributed by atoms with Crippen LogP contribution in [-0.4, -0.2) is 66.6 Å². The van der Waals surface area contributed by atoms with Crippen molar-refractivity contribution in [3.63, 3.8) is 0 Å². The lowest BCUT2D eigenvalue weighted by Crippen LogP contribution is -2.53. The molecule has 1 aromatic heterocycles. The van der Waals surface area contributed by atoms with Gasteiger partial charge in [0.05, 0.1) is 18.4 Å². The predicted octanol–water partition coefficient (Wildman–Crippen LogP) is -0.547. The Morgan fingerprint density at radius 2 is 2.24 bits per heavy atom. The Morgan fingerprint density at radius 1 is 1.43 bits per heavy atom. The van der Waals surface area contributed by atoms with Gasteiger partial charge in [-0.3, -0.25) is 9.78 Å². The first-order valence-electron chi connectivity index (χ1n) is 6.70. The molecular weight excluding hydrogens is 294 g/mol. The lowest BCUT2D eigenvalue weighted by atomic mass is 10.1. The van der Waals surface area contributed by atoms with E-state index >= 15 is 0 Å². The van der Waals surface area contributed by atoms with Gasteiger partial charge in [-0.25, -0.2) is 8.42 Å². The summed E-state index contributed by atoms with van der Waals surface area (Å²) >= 11 is 0. The number of carbonyl (C=O) groups is 1. The van der Waals surface area contributed by atoms with E-state index in [0.29, 0.717) is 13.1 Å². The molecule has 0 spiro atoms. The maximum atomic E-state index is 12.1. The van der Waals surface area contributed by atoms with Crippen molar-refractivity contribution in [2.45, 2.75) is 18.7 Å². The van der Waals surface area contributed by atoms with Gasteiger partial charge < -0.3 is 9.64 Å². The minimum Gasteiger partial charge on any atom is -0.365 e. The minimum atomic E-state index is -3.27. The summed E-state index contributed by atoms with van der Waals surface area (Å²) < 4.78 is 30.2. The van der Waals surface area contributed by atoms with Crippen molar-refractivity contribution < 1.29 is 17.9 Å². The van der Waals surface area contributed by atoms with E-state index in [9.17, 15) is 13.2 Å². The zero-order valence-corrected chi connectivity index (χ0v) is 12.5. The number of aromatic nitrogens is 1. The number of nitrogens with zero attached hydrogens (tertiary/aromatic N) is 3. The van der Waals surface area contributed by atoms with E-state index in [2.05, 4.69) is 4.98 Å². The van der Waals surface area contributed by atoms with E-state index in [1.54, 1.807) is 17.3 Å². The highest BCUT2D eigenvalue weighted by molar-refractivity contribution is 7.88. The topological polar surface area (TPSA) is 79.8 Å². The average molecular weight is 311 g/mol. The average Bonchev–Trinajstić information content (AvgIpc) is 2.88. The van der Waals surface area contributed by atoms with Crippen LogP contribution in [0.25, 0.3) is 0 Å². The molecule has 114 valence electrons. The summed E-state index contributed by atoms with van der Waals surface area (Å²) in [4.78, 5) is 17.9. The molecule has 2 aliphatic rings. The summed E-state index contributed by atoms with van der Waals surface area (Å²) in [7, 11) is -3.27. The van der Waals surface area contributed by atoms with Crippen LogP contribution >= 0.6 is 0 Å². The first-order chi connectivity index (χ1) is 9.95. The quantitative estimate of drug-likeness (QED) is 0.748. The maximum absolute atomic E-state index is 12.1. The molecule has 3 rings (SSSR count). The molecule has 0 aliphatic carbocycles. The van der Waals surface area contributed by atoms with Crippen LogP contribution in [0.4, 0.5) is 0 Å². The smallest absolute Gasteiger partial charge is 0.249 e. The van der Waals surface area contributed by atoms with Crippen LogP contribution in [0.1, 0.15) is 5.56 Å². The Labute approximate surface area is 123 Å². The van der Waals surface area contributed by atoms with Gasteiger partial charge in [0.15, 0.2) is 0 Å². The molecule has 0 N–H and O–H groups in total. The van der Waals surface area contributed by atoms with Gasteiger partial charge in [0, 0.05) is 32.0 Å². The van der Waals surface area contributed by atoms with Crippen molar-refractivity contribution >= 4 is 15.9 Å². The van der Waals surface area contributed by atoms with Gasteiger partial charge in [0.25, 0.3) is 0 Å². The second-order valence-corrected chi connectivity index (χ2v) is 7.36. The number of ether oxygens (including phenoxy) is 1. The number of rotatable bonds is 3. The third-order valence-corrected chi connectivity index (χ3v) is 5.13. The molecule has 7 nitrogen and oxygen atoms in total. The standard InChI is InChI=1S/C13H17N3O4S/c1-21(18,19)15-7-11-12(8-15)20-9-13(17)16(11)6-10-3-2-4-14-5-10/h2-5,11-12H,6-9H2,1H3/t11-,12-/m1/s1. The van der Waals surface area contributed by atoms with E-state index < -0.39 is 10.0 Å². The number of morpholine rings is 1. The highest BCUT2D eigenvalue weighted by atomic mass is 32.2. The molecule has 3 heterocycles. The molecular formula is C13H17N3O4S.